The first kappa shape index (κ1) is 21.4. The van der Waals surface area contributed by atoms with Gasteiger partial charge in [0.15, 0.2) is 5.96 Å². The molecule has 1 atom stereocenters. The molecule has 0 saturated heterocycles. The molecular formula is C22H28IN5O. The van der Waals surface area contributed by atoms with Crippen LogP contribution in [0.5, 0.6) is 5.75 Å². The number of H-pyrrole nitrogens is 1. The maximum Gasteiger partial charge on any atom is 0.191 e. The van der Waals surface area contributed by atoms with Gasteiger partial charge in [-0.3, -0.25) is 4.99 Å². The minimum atomic E-state index is -0.220. The normalized spacial score (nSPS) is 17.8. The van der Waals surface area contributed by atoms with Crippen molar-refractivity contribution in [2.75, 3.05) is 13.6 Å². The highest BCUT2D eigenvalue weighted by Crippen LogP contribution is 2.39. The summed E-state index contributed by atoms with van der Waals surface area (Å²) in [7, 11) is 1.81. The monoisotopic (exact) mass is 505 g/mol. The van der Waals surface area contributed by atoms with Crippen LogP contribution in [0.2, 0.25) is 0 Å². The molecule has 29 heavy (non-hydrogen) atoms. The first-order valence-corrected chi connectivity index (χ1v) is 9.72. The highest BCUT2D eigenvalue weighted by molar-refractivity contribution is 14.0. The number of guanidine groups is 1. The molecule has 0 spiro atoms. The number of aromatic nitrogens is 2. The number of para-hydroxylation sites is 1. The van der Waals surface area contributed by atoms with Crippen LogP contribution in [0.25, 0.3) is 11.0 Å². The van der Waals surface area contributed by atoms with Crippen LogP contribution in [0.15, 0.2) is 53.8 Å². The van der Waals surface area contributed by atoms with Crippen molar-refractivity contribution in [3.8, 4) is 5.75 Å². The molecule has 7 heteroatoms. The van der Waals surface area contributed by atoms with E-state index in [1.165, 1.54) is 16.5 Å². The summed E-state index contributed by atoms with van der Waals surface area (Å²) in [5.41, 5.74) is 3.14. The second-order valence-electron chi connectivity index (χ2n) is 7.76. The van der Waals surface area contributed by atoms with E-state index in [2.05, 4.69) is 57.6 Å². The summed E-state index contributed by atoms with van der Waals surface area (Å²) >= 11 is 0. The molecule has 4 rings (SSSR count). The number of halogens is 1. The summed E-state index contributed by atoms with van der Waals surface area (Å²) in [6.45, 7) is 5.04. The van der Waals surface area contributed by atoms with Crippen molar-refractivity contribution in [2.24, 2.45) is 4.99 Å². The molecule has 0 fully saturated rings. The zero-order valence-electron chi connectivity index (χ0n) is 17.0. The number of nitrogens with one attached hydrogen (secondary N) is 3. The number of pyridine rings is 1. The van der Waals surface area contributed by atoms with Gasteiger partial charge >= 0.3 is 0 Å². The number of nitrogens with zero attached hydrogens (tertiary/aromatic N) is 2. The van der Waals surface area contributed by atoms with E-state index in [1.54, 1.807) is 13.2 Å². The third-order valence-electron chi connectivity index (χ3n) is 5.13. The number of ether oxygens (including phenoxy) is 1. The predicted molar refractivity (Wildman–Crippen MR) is 128 cm³/mol. The molecule has 0 bridgehead atoms. The van der Waals surface area contributed by atoms with Gasteiger partial charge in [-0.25, -0.2) is 4.98 Å². The van der Waals surface area contributed by atoms with E-state index in [1.807, 2.05) is 24.4 Å². The first-order valence-electron chi connectivity index (χ1n) is 9.72. The quantitative estimate of drug-likeness (QED) is 0.283. The Morgan fingerprint density at radius 2 is 2.10 bits per heavy atom. The molecule has 1 aromatic carbocycles. The number of hydrogen-bond acceptors (Lipinski definition) is 3. The Balaban J connectivity index is 0.00000240. The van der Waals surface area contributed by atoms with Gasteiger partial charge in [-0.2, -0.15) is 0 Å². The van der Waals surface area contributed by atoms with E-state index in [0.717, 1.165) is 36.7 Å². The largest absolute Gasteiger partial charge is 0.487 e. The zero-order chi connectivity index (χ0) is 19.6. The first-order chi connectivity index (χ1) is 13.6. The molecule has 0 radical (unpaired) electrons. The van der Waals surface area contributed by atoms with Crippen molar-refractivity contribution in [3.05, 3.63) is 59.9 Å². The number of fused-ring (bicyclic) bond motifs is 2. The fraction of sp³-hybridized carbons (Fsp3) is 0.364. The summed E-state index contributed by atoms with van der Waals surface area (Å²) in [4.78, 5) is 12.0. The van der Waals surface area contributed by atoms with Crippen LogP contribution in [0.1, 0.15) is 37.4 Å². The van der Waals surface area contributed by atoms with Gasteiger partial charge in [-0.15, -0.1) is 24.0 Å². The van der Waals surface area contributed by atoms with Gasteiger partial charge in [0.25, 0.3) is 0 Å². The molecule has 0 aliphatic carbocycles. The third-order valence-corrected chi connectivity index (χ3v) is 5.13. The van der Waals surface area contributed by atoms with Gasteiger partial charge in [0.1, 0.15) is 17.0 Å². The minimum absolute atomic E-state index is 0. The van der Waals surface area contributed by atoms with Crippen molar-refractivity contribution in [2.45, 2.75) is 38.3 Å². The number of hydrogen-bond donors (Lipinski definition) is 3. The van der Waals surface area contributed by atoms with Crippen molar-refractivity contribution in [1.82, 2.24) is 20.6 Å². The van der Waals surface area contributed by atoms with E-state index >= 15 is 0 Å². The van der Waals surface area contributed by atoms with Crippen LogP contribution in [0.4, 0.5) is 0 Å². The SMILES string of the molecule is CN=C(NCCc1c[nH]c2ncccc12)NC1CC(C)(C)Oc2ccccc21.I. The lowest BCUT2D eigenvalue weighted by atomic mass is 9.90. The van der Waals surface area contributed by atoms with Crippen molar-refractivity contribution in [1.29, 1.82) is 0 Å². The van der Waals surface area contributed by atoms with Crippen LogP contribution in [-0.4, -0.2) is 35.1 Å². The predicted octanol–water partition coefficient (Wildman–Crippen LogP) is 4.19. The Morgan fingerprint density at radius 1 is 1.28 bits per heavy atom. The molecule has 1 aliphatic heterocycles. The van der Waals surface area contributed by atoms with E-state index in [4.69, 9.17) is 4.74 Å². The second-order valence-corrected chi connectivity index (χ2v) is 7.76. The Kier molecular flexibility index (Phi) is 6.66. The molecular weight excluding hydrogens is 477 g/mol. The lowest BCUT2D eigenvalue weighted by molar-refractivity contribution is 0.0694. The van der Waals surface area contributed by atoms with Crippen LogP contribution in [-0.2, 0) is 6.42 Å². The number of aromatic amines is 1. The van der Waals surface area contributed by atoms with Gasteiger partial charge < -0.3 is 20.4 Å². The third kappa shape index (κ3) is 4.83. The molecule has 3 heterocycles. The van der Waals surface area contributed by atoms with Crippen LogP contribution >= 0.6 is 24.0 Å². The summed E-state index contributed by atoms with van der Waals surface area (Å²) < 4.78 is 6.13. The summed E-state index contributed by atoms with van der Waals surface area (Å²) in [5.74, 6) is 1.74. The van der Waals surface area contributed by atoms with Crippen LogP contribution in [0.3, 0.4) is 0 Å². The maximum absolute atomic E-state index is 6.13. The highest BCUT2D eigenvalue weighted by Gasteiger charge is 2.33. The average molecular weight is 505 g/mol. The molecule has 1 unspecified atom stereocenters. The molecule has 154 valence electrons. The molecule has 6 nitrogen and oxygen atoms in total. The molecule has 2 aromatic heterocycles. The summed E-state index contributed by atoms with van der Waals surface area (Å²) in [6.07, 6.45) is 5.60. The summed E-state index contributed by atoms with van der Waals surface area (Å²) in [6, 6.07) is 12.4. The standard InChI is InChI=1S/C22H27N5O.HI/c1-22(2)13-18(17-7-4-5-9-19(17)28-22)27-21(23-3)25-12-10-15-14-26-20-16(15)8-6-11-24-20;/h4-9,11,14,18H,10,12-13H2,1-3H3,(H,24,26)(H2,23,25,27);1H. The maximum atomic E-state index is 6.13. The smallest absolute Gasteiger partial charge is 0.191 e. The topological polar surface area (TPSA) is 74.3 Å². The average Bonchev–Trinajstić information content (AvgIpc) is 3.09. The Hall–Kier alpha value is -2.29. The Morgan fingerprint density at radius 3 is 2.93 bits per heavy atom. The fourth-order valence-corrected chi connectivity index (χ4v) is 3.83. The molecule has 0 amide bonds. The van der Waals surface area contributed by atoms with Crippen molar-refractivity contribution in [3.63, 3.8) is 0 Å². The minimum Gasteiger partial charge on any atom is -0.487 e. The van der Waals surface area contributed by atoms with E-state index in [0.29, 0.717) is 0 Å². The number of benzene rings is 1. The molecule has 3 N–H and O–H groups in total. The Bertz CT molecular complexity index is 998. The lowest BCUT2D eigenvalue weighted by Crippen LogP contribution is -2.45. The molecule has 1 aliphatic rings. The molecule has 0 saturated carbocycles. The number of rotatable bonds is 4. The van der Waals surface area contributed by atoms with E-state index < -0.39 is 0 Å². The second kappa shape index (κ2) is 9.02. The fourth-order valence-electron chi connectivity index (χ4n) is 3.83. The van der Waals surface area contributed by atoms with Gasteiger partial charge in [-0.05, 0) is 44.0 Å². The van der Waals surface area contributed by atoms with Gasteiger partial charge in [0.2, 0.25) is 0 Å². The lowest BCUT2D eigenvalue weighted by Gasteiger charge is -2.38. The van der Waals surface area contributed by atoms with E-state index in [-0.39, 0.29) is 35.6 Å². The van der Waals surface area contributed by atoms with E-state index in [9.17, 15) is 0 Å². The van der Waals surface area contributed by atoms with Gasteiger partial charge in [0, 0.05) is 43.4 Å². The zero-order valence-corrected chi connectivity index (χ0v) is 19.4. The van der Waals surface area contributed by atoms with Gasteiger partial charge in [-0.1, -0.05) is 18.2 Å². The van der Waals surface area contributed by atoms with Crippen molar-refractivity contribution >= 4 is 41.0 Å². The van der Waals surface area contributed by atoms with Crippen LogP contribution < -0.4 is 15.4 Å². The van der Waals surface area contributed by atoms with Crippen LogP contribution in [0, 0.1) is 0 Å². The summed E-state index contributed by atoms with van der Waals surface area (Å²) in [5, 5.41) is 8.19. The Labute approximate surface area is 188 Å². The number of aliphatic imine (C=N–C) groups is 1. The van der Waals surface area contributed by atoms with Crippen molar-refractivity contribution < 1.29 is 4.74 Å². The highest BCUT2D eigenvalue weighted by atomic mass is 127. The van der Waals surface area contributed by atoms with Gasteiger partial charge in [0.05, 0.1) is 6.04 Å². The molecule has 3 aromatic rings.